The normalized spacial score (nSPS) is 11.2. The molecule has 0 bridgehead atoms. The van der Waals surface area contributed by atoms with Crippen molar-refractivity contribution in [3.8, 4) is 33.4 Å². The first-order valence-corrected chi connectivity index (χ1v) is 11.2. The first-order valence-electron chi connectivity index (χ1n) is 11.2. The summed E-state index contributed by atoms with van der Waals surface area (Å²) in [5, 5.41) is 10.1. The molecule has 0 saturated heterocycles. The molecular formula is C31H22N2O. The van der Waals surface area contributed by atoms with Crippen LogP contribution in [0.3, 0.4) is 0 Å². The lowest BCUT2D eigenvalue weighted by atomic mass is 9.93. The molecule has 162 valence electrons. The molecule has 3 heteroatoms. The molecule has 0 radical (unpaired) electrons. The van der Waals surface area contributed by atoms with Crippen LogP contribution in [0.4, 0.5) is 0 Å². The highest BCUT2D eigenvalue weighted by molar-refractivity contribution is 6.21. The van der Waals surface area contributed by atoms with E-state index in [1.807, 2.05) is 66.7 Å². The third-order valence-corrected chi connectivity index (χ3v) is 6.29. The molecule has 1 heterocycles. The molecule has 5 aromatic carbocycles. The van der Waals surface area contributed by atoms with Gasteiger partial charge in [-0.05, 0) is 46.5 Å². The molecule has 0 atom stereocenters. The van der Waals surface area contributed by atoms with Crippen LogP contribution >= 0.6 is 0 Å². The number of nitrogens with one attached hydrogen (secondary N) is 1. The lowest BCUT2D eigenvalue weighted by molar-refractivity contribution is 0.671. The van der Waals surface area contributed by atoms with Gasteiger partial charge in [0.2, 0.25) is 0 Å². The Kier molecular flexibility index (Phi) is 4.74. The van der Waals surface area contributed by atoms with E-state index >= 15 is 0 Å². The minimum absolute atomic E-state index is 0.0266. The molecular weight excluding hydrogens is 416 g/mol. The van der Waals surface area contributed by atoms with Crippen LogP contribution in [-0.4, -0.2) is 5.84 Å². The second-order valence-corrected chi connectivity index (χ2v) is 8.38. The Morgan fingerprint density at radius 3 is 1.71 bits per heavy atom. The molecule has 0 aliphatic carbocycles. The number of hydrogen-bond acceptors (Lipinski definition) is 2. The number of fused-ring (bicyclic) bond motifs is 3. The molecule has 3 N–H and O–H groups in total. The summed E-state index contributed by atoms with van der Waals surface area (Å²) < 4.78 is 6.65. The topological polar surface area (TPSA) is 63.0 Å². The second kappa shape index (κ2) is 8.05. The van der Waals surface area contributed by atoms with E-state index in [4.69, 9.17) is 15.6 Å². The zero-order valence-electron chi connectivity index (χ0n) is 18.5. The summed E-state index contributed by atoms with van der Waals surface area (Å²) >= 11 is 0. The van der Waals surface area contributed by atoms with Crippen LogP contribution in [0.25, 0.3) is 55.3 Å². The SMILES string of the molecule is N=C(N)c1ccc(-c2ccccc2)c2oc3c(-c4ccccc4)cc(-c4ccccc4)cc3c12. The Morgan fingerprint density at radius 1 is 0.559 bits per heavy atom. The molecule has 0 aliphatic rings. The van der Waals surface area contributed by atoms with Crippen molar-refractivity contribution in [3.63, 3.8) is 0 Å². The zero-order valence-corrected chi connectivity index (χ0v) is 18.5. The summed E-state index contributed by atoms with van der Waals surface area (Å²) in [7, 11) is 0. The molecule has 0 unspecified atom stereocenters. The number of amidine groups is 1. The van der Waals surface area contributed by atoms with Gasteiger partial charge in [0.15, 0.2) is 0 Å². The molecule has 0 aliphatic heterocycles. The molecule has 0 amide bonds. The van der Waals surface area contributed by atoms with E-state index in [-0.39, 0.29) is 5.84 Å². The highest BCUT2D eigenvalue weighted by atomic mass is 16.3. The van der Waals surface area contributed by atoms with Crippen molar-refractivity contribution >= 4 is 27.8 Å². The van der Waals surface area contributed by atoms with Crippen LogP contribution in [0.2, 0.25) is 0 Å². The number of benzene rings is 5. The largest absolute Gasteiger partial charge is 0.455 e. The molecule has 3 nitrogen and oxygen atoms in total. The van der Waals surface area contributed by atoms with Crippen LogP contribution in [0, 0.1) is 5.41 Å². The number of furan rings is 1. The maximum atomic E-state index is 8.28. The summed E-state index contributed by atoms with van der Waals surface area (Å²) in [6.45, 7) is 0. The first-order chi connectivity index (χ1) is 16.7. The zero-order chi connectivity index (χ0) is 23.1. The minimum Gasteiger partial charge on any atom is -0.455 e. The Labute approximate surface area is 197 Å². The van der Waals surface area contributed by atoms with Crippen molar-refractivity contribution in [2.75, 3.05) is 0 Å². The second-order valence-electron chi connectivity index (χ2n) is 8.38. The van der Waals surface area contributed by atoms with Gasteiger partial charge in [0.1, 0.15) is 17.0 Å². The summed E-state index contributed by atoms with van der Waals surface area (Å²) in [5.74, 6) is 0.0266. The Bertz CT molecular complexity index is 1650. The van der Waals surface area contributed by atoms with Crippen molar-refractivity contribution in [1.29, 1.82) is 5.41 Å². The third kappa shape index (κ3) is 3.26. The van der Waals surface area contributed by atoms with Gasteiger partial charge in [-0.25, -0.2) is 0 Å². The van der Waals surface area contributed by atoms with Gasteiger partial charge in [0.25, 0.3) is 0 Å². The fourth-order valence-corrected chi connectivity index (χ4v) is 4.68. The van der Waals surface area contributed by atoms with Gasteiger partial charge in [-0.15, -0.1) is 0 Å². The van der Waals surface area contributed by atoms with Gasteiger partial charge >= 0.3 is 0 Å². The van der Waals surface area contributed by atoms with Gasteiger partial charge in [-0.1, -0.05) is 91.0 Å². The average molecular weight is 439 g/mol. The van der Waals surface area contributed by atoms with E-state index in [9.17, 15) is 0 Å². The van der Waals surface area contributed by atoms with Crippen molar-refractivity contribution < 1.29 is 4.42 Å². The number of rotatable bonds is 4. The molecule has 34 heavy (non-hydrogen) atoms. The lowest BCUT2D eigenvalue weighted by Gasteiger charge is -2.08. The van der Waals surface area contributed by atoms with Gasteiger partial charge < -0.3 is 10.2 Å². The average Bonchev–Trinajstić information content (AvgIpc) is 3.28. The van der Waals surface area contributed by atoms with Crippen molar-refractivity contribution in [2.24, 2.45) is 5.73 Å². The molecule has 1 aromatic heterocycles. The maximum absolute atomic E-state index is 8.28. The highest BCUT2D eigenvalue weighted by Crippen LogP contribution is 2.43. The quantitative estimate of drug-likeness (QED) is 0.217. The Hall–Kier alpha value is -4.63. The van der Waals surface area contributed by atoms with Crippen LogP contribution in [0.1, 0.15) is 5.56 Å². The predicted molar refractivity (Wildman–Crippen MR) is 141 cm³/mol. The Morgan fingerprint density at radius 2 is 1.12 bits per heavy atom. The van der Waals surface area contributed by atoms with E-state index in [0.29, 0.717) is 5.56 Å². The van der Waals surface area contributed by atoms with Crippen LogP contribution < -0.4 is 5.73 Å². The number of hydrogen-bond donors (Lipinski definition) is 2. The smallest absolute Gasteiger partial charge is 0.144 e. The minimum atomic E-state index is 0.0266. The van der Waals surface area contributed by atoms with Gasteiger partial charge in [-0.2, -0.15) is 0 Å². The molecule has 0 spiro atoms. The van der Waals surface area contributed by atoms with Crippen LogP contribution in [0.5, 0.6) is 0 Å². The van der Waals surface area contributed by atoms with E-state index in [1.54, 1.807) is 0 Å². The van der Waals surface area contributed by atoms with Crippen molar-refractivity contribution in [1.82, 2.24) is 0 Å². The van der Waals surface area contributed by atoms with E-state index < -0.39 is 0 Å². The summed E-state index contributed by atoms with van der Waals surface area (Å²) in [6.07, 6.45) is 0. The van der Waals surface area contributed by atoms with Crippen molar-refractivity contribution in [3.05, 3.63) is 121 Å². The van der Waals surface area contributed by atoms with Gasteiger partial charge in [0.05, 0.1) is 0 Å². The summed E-state index contributed by atoms with van der Waals surface area (Å²) in [6, 6.07) is 39.1. The van der Waals surface area contributed by atoms with E-state index in [0.717, 1.165) is 55.3 Å². The number of nitrogens with two attached hydrogens (primary N) is 1. The summed E-state index contributed by atoms with van der Waals surface area (Å²) in [4.78, 5) is 0. The van der Waals surface area contributed by atoms with Gasteiger partial charge in [0, 0.05) is 27.5 Å². The van der Waals surface area contributed by atoms with Crippen LogP contribution in [0.15, 0.2) is 120 Å². The number of nitrogen functional groups attached to an aromatic ring is 1. The molecule has 6 rings (SSSR count). The lowest BCUT2D eigenvalue weighted by Crippen LogP contribution is -2.11. The predicted octanol–water partition coefficient (Wildman–Crippen LogP) is 7.87. The monoisotopic (exact) mass is 438 g/mol. The summed E-state index contributed by atoms with van der Waals surface area (Å²) in [5.41, 5.74) is 14.6. The fourth-order valence-electron chi connectivity index (χ4n) is 4.68. The van der Waals surface area contributed by atoms with E-state index in [1.165, 1.54) is 0 Å². The van der Waals surface area contributed by atoms with Crippen LogP contribution in [-0.2, 0) is 0 Å². The van der Waals surface area contributed by atoms with Gasteiger partial charge in [-0.3, -0.25) is 5.41 Å². The van der Waals surface area contributed by atoms with E-state index in [2.05, 4.69) is 48.5 Å². The molecule has 0 saturated carbocycles. The highest BCUT2D eigenvalue weighted by Gasteiger charge is 2.21. The first kappa shape index (κ1) is 20.0. The Balaban J connectivity index is 1.78. The third-order valence-electron chi connectivity index (χ3n) is 6.29. The molecule has 0 fully saturated rings. The van der Waals surface area contributed by atoms with Crippen molar-refractivity contribution in [2.45, 2.75) is 0 Å². The molecule has 6 aromatic rings. The fraction of sp³-hybridized carbons (Fsp3) is 0. The maximum Gasteiger partial charge on any atom is 0.144 e. The standard InChI is InChI=1S/C31H22N2O/c32-31(33)25-17-16-24(21-12-6-2-7-13-21)30-28(25)27-19-23(20-10-4-1-5-11-20)18-26(29(27)34-30)22-14-8-3-9-15-22/h1-19H,(H3,32,33).